The summed E-state index contributed by atoms with van der Waals surface area (Å²) in [5, 5.41) is 2.76. The van der Waals surface area contributed by atoms with E-state index in [1.165, 1.54) is 0 Å². The van der Waals surface area contributed by atoms with Crippen molar-refractivity contribution >= 4 is 22.8 Å². The standard InChI is InChI=1S/C17H20N4O3/c1-17(2)16(24)18-9-10-21(17)14(22)8-7-13-15(23)20-12-6-4-3-5-11(12)19-13/h3-6H,7-10H2,1-2H3,(H,18,24)(H,20,23). The summed E-state index contributed by atoms with van der Waals surface area (Å²) in [6, 6.07) is 7.27. The fourth-order valence-corrected chi connectivity index (χ4v) is 2.93. The molecule has 0 spiro atoms. The molecule has 2 N–H and O–H groups in total. The molecule has 1 aliphatic heterocycles. The largest absolute Gasteiger partial charge is 0.352 e. The maximum absolute atomic E-state index is 12.5. The van der Waals surface area contributed by atoms with Gasteiger partial charge in [-0.25, -0.2) is 4.98 Å². The van der Waals surface area contributed by atoms with Crippen LogP contribution in [-0.4, -0.2) is 45.3 Å². The summed E-state index contributed by atoms with van der Waals surface area (Å²) in [5.41, 5.74) is 0.542. The first-order valence-corrected chi connectivity index (χ1v) is 7.96. The molecule has 1 saturated heterocycles. The summed E-state index contributed by atoms with van der Waals surface area (Å²) >= 11 is 0. The van der Waals surface area contributed by atoms with Gasteiger partial charge in [0.2, 0.25) is 11.8 Å². The Bertz CT molecular complexity index is 856. The minimum atomic E-state index is -0.876. The van der Waals surface area contributed by atoms with E-state index in [0.717, 1.165) is 0 Å². The van der Waals surface area contributed by atoms with Gasteiger partial charge < -0.3 is 15.2 Å². The highest BCUT2D eigenvalue weighted by Gasteiger charge is 2.40. The van der Waals surface area contributed by atoms with E-state index in [1.807, 2.05) is 18.2 Å². The van der Waals surface area contributed by atoms with Crippen LogP contribution in [0.2, 0.25) is 0 Å². The summed E-state index contributed by atoms with van der Waals surface area (Å²) in [6.45, 7) is 4.36. The Morgan fingerprint density at radius 1 is 1.29 bits per heavy atom. The number of aryl methyl sites for hydroxylation is 1. The zero-order valence-corrected chi connectivity index (χ0v) is 13.8. The lowest BCUT2D eigenvalue weighted by molar-refractivity contribution is -0.149. The molecule has 3 rings (SSSR count). The van der Waals surface area contributed by atoms with E-state index in [-0.39, 0.29) is 30.2 Å². The first kappa shape index (κ1) is 16.2. The van der Waals surface area contributed by atoms with Crippen LogP contribution < -0.4 is 10.9 Å². The van der Waals surface area contributed by atoms with E-state index < -0.39 is 5.54 Å². The number of hydrogen-bond donors (Lipinski definition) is 2. The van der Waals surface area contributed by atoms with Crippen molar-refractivity contribution in [3.63, 3.8) is 0 Å². The van der Waals surface area contributed by atoms with Crippen molar-refractivity contribution in [1.29, 1.82) is 0 Å². The molecule has 2 heterocycles. The van der Waals surface area contributed by atoms with Crippen molar-refractivity contribution in [3.05, 3.63) is 40.3 Å². The molecule has 1 fully saturated rings. The summed E-state index contributed by atoms with van der Waals surface area (Å²) in [6.07, 6.45) is 0.387. The number of nitrogens with one attached hydrogen (secondary N) is 2. The van der Waals surface area contributed by atoms with E-state index >= 15 is 0 Å². The van der Waals surface area contributed by atoms with Crippen molar-refractivity contribution in [3.8, 4) is 0 Å². The molecule has 0 aliphatic carbocycles. The summed E-state index contributed by atoms with van der Waals surface area (Å²) in [7, 11) is 0. The average Bonchev–Trinajstić information content (AvgIpc) is 2.55. The predicted octanol–water partition coefficient (Wildman–Crippen LogP) is 0.593. The smallest absolute Gasteiger partial charge is 0.270 e. The number of benzene rings is 1. The number of amides is 2. The van der Waals surface area contributed by atoms with Crippen LogP contribution in [0.4, 0.5) is 0 Å². The van der Waals surface area contributed by atoms with E-state index in [0.29, 0.717) is 29.8 Å². The lowest BCUT2D eigenvalue weighted by Gasteiger charge is -2.41. The van der Waals surface area contributed by atoms with Gasteiger partial charge in [-0.15, -0.1) is 0 Å². The van der Waals surface area contributed by atoms with Crippen LogP contribution >= 0.6 is 0 Å². The fourth-order valence-electron chi connectivity index (χ4n) is 2.93. The molecule has 1 aromatic heterocycles. The highest BCUT2D eigenvalue weighted by atomic mass is 16.2. The highest BCUT2D eigenvalue weighted by Crippen LogP contribution is 2.19. The molecule has 126 valence electrons. The number of para-hydroxylation sites is 2. The van der Waals surface area contributed by atoms with Crippen LogP contribution in [-0.2, 0) is 16.0 Å². The average molecular weight is 328 g/mol. The Kier molecular flexibility index (Phi) is 4.09. The highest BCUT2D eigenvalue weighted by molar-refractivity contribution is 5.91. The third-order valence-corrected chi connectivity index (χ3v) is 4.40. The molecular weight excluding hydrogens is 308 g/mol. The SMILES string of the molecule is CC1(C)C(=O)NCCN1C(=O)CCc1nc2ccccc2[nH]c1=O. The number of fused-ring (bicyclic) bond motifs is 1. The van der Waals surface area contributed by atoms with Crippen LogP contribution in [0.25, 0.3) is 11.0 Å². The van der Waals surface area contributed by atoms with E-state index in [1.54, 1.807) is 24.8 Å². The first-order chi connectivity index (χ1) is 11.4. The minimum absolute atomic E-state index is 0.144. The van der Waals surface area contributed by atoms with Gasteiger partial charge in [-0.2, -0.15) is 0 Å². The number of piperazine rings is 1. The molecule has 7 nitrogen and oxygen atoms in total. The Morgan fingerprint density at radius 2 is 2.04 bits per heavy atom. The van der Waals surface area contributed by atoms with Gasteiger partial charge in [0.05, 0.1) is 11.0 Å². The van der Waals surface area contributed by atoms with Crippen LogP contribution in [0.15, 0.2) is 29.1 Å². The van der Waals surface area contributed by atoms with Gasteiger partial charge in [-0.3, -0.25) is 14.4 Å². The number of nitrogens with zero attached hydrogens (tertiary/aromatic N) is 2. The van der Waals surface area contributed by atoms with Crippen molar-refractivity contribution in [1.82, 2.24) is 20.2 Å². The zero-order valence-electron chi connectivity index (χ0n) is 13.8. The molecule has 7 heteroatoms. The van der Waals surface area contributed by atoms with Crippen molar-refractivity contribution in [2.45, 2.75) is 32.2 Å². The summed E-state index contributed by atoms with van der Waals surface area (Å²) in [4.78, 5) is 45.2. The molecule has 0 saturated carbocycles. The molecular formula is C17H20N4O3. The van der Waals surface area contributed by atoms with Gasteiger partial charge >= 0.3 is 0 Å². The van der Waals surface area contributed by atoms with Crippen molar-refractivity contribution in [2.24, 2.45) is 0 Å². The topological polar surface area (TPSA) is 95.2 Å². The van der Waals surface area contributed by atoms with Gasteiger partial charge in [0.15, 0.2) is 0 Å². The van der Waals surface area contributed by atoms with E-state index in [4.69, 9.17) is 0 Å². The van der Waals surface area contributed by atoms with Gasteiger partial charge in [0.25, 0.3) is 5.56 Å². The molecule has 0 atom stereocenters. The molecule has 2 aromatic rings. The second kappa shape index (κ2) is 6.07. The number of carbonyl (C=O) groups is 2. The van der Waals surface area contributed by atoms with Crippen molar-refractivity contribution in [2.75, 3.05) is 13.1 Å². The molecule has 2 amide bonds. The molecule has 0 unspecified atom stereocenters. The van der Waals surface area contributed by atoms with Crippen LogP contribution in [0.3, 0.4) is 0 Å². The number of carbonyl (C=O) groups excluding carboxylic acids is 2. The monoisotopic (exact) mass is 328 g/mol. The van der Waals surface area contributed by atoms with Crippen LogP contribution in [0.5, 0.6) is 0 Å². The second-order valence-corrected chi connectivity index (χ2v) is 6.39. The third-order valence-electron chi connectivity index (χ3n) is 4.40. The maximum Gasteiger partial charge on any atom is 0.270 e. The lowest BCUT2D eigenvalue weighted by Crippen LogP contribution is -2.63. The minimum Gasteiger partial charge on any atom is -0.352 e. The number of aromatic nitrogens is 2. The number of hydrogen-bond acceptors (Lipinski definition) is 4. The third kappa shape index (κ3) is 2.89. The summed E-state index contributed by atoms with van der Waals surface area (Å²) < 4.78 is 0. The normalized spacial score (nSPS) is 16.9. The second-order valence-electron chi connectivity index (χ2n) is 6.39. The number of rotatable bonds is 3. The van der Waals surface area contributed by atoms with Gasteiger partial charge in [0, 0.05) is 25.9 Å². The molecule has 24 heavy (non-hydrogen) atoms. The van der Waals surface area contributed by atoms with E-state index in [9.17, 15) is 14.4 Å². The van der Waals surface area contributed by atoms with Crippen LogP contribution in [0, 0.1) is 0 Å². The molecule has 1 aromatic carbocycles. The Hall–Kier alpha value is -2.70. The number of H-pyrrole nitrogens is 1. The molecule has 0 bridgehead atoms. The van der Waals surface area contributed by atoms with Gasteiger partial charge in [0.1, 0.15) is 11.2 Å². The van der Waals surface area contributed by atoms with E-state index in [2.05, 4.69) is 15.3 Å². The summed E-state index contributed by atoms with van der Waals surface area (Å²) in [5.74, 6) is -0.312. The lowest BCUT2D eigenvalue weighted by atomic mass is 9.98. The van der Waals surface area contributed by atoms with Crippen molar-refractivity contribution < 1.29 is 9.59 Å². The predicted molar refractivity (Wildman–Crippen MR) is 89.5 cm³/mol. The molecule has 0 radical (unpaired) electrons. The Morgan fingerprint density at radius 3 is 2.83 bits per heavy atom. The number of aromatic amines is 1. The Balaban J connectivity index is 1.76. The quantitative estimate of drug-likeness (QED) is 0.862. The maximum atomic E-state index is 12.5. The van der Waals surface area contributed by atoms with Gasteiger partial charge in [-0.05, 0) is 26.0 Å². The Labute approximate surface area is 139 Å². The fraction of sp³-hybridized carbons (Fsp3) is 0.412. The van der Waals surface area contributed by atoms with Gasteiger partial charge in [-0.1, -0.05) is 12.1 Å². The molecule has 1 aliphatic rings. The zero-order chi connectivity index (χ0) is 17.3. The first-order valence-electron chi connectivity index (χ1n) is 7.96. The van der Waals surface area contributed by atoms with Crippen LogP contribution in [0.1, 0.15) is 26.0 Å².